The summed E-state index contributed by atoms with van der Waals surface area (Å²) < 4.78 is 29.5. The first-order valence-corrected chi connectivity index (χ1v) is 8.24. The van der Waals surface area contributed by atoms with E-state index in [0.29, 0.717) is 19.6 Å². The lowest BCUT2D eigenvalue weighted by Gasteiger charge is -2.40. The lowest BCUT2D eigenvalue weighted by molar-refractivity contribution is 0.00553. The summed E-state index contributed by atoms with van der Waals surface area (Å²) in [6.45, 7) is 6.97. The number of hydrogen-bond acceptors (Lipinski definition) is 5. The van der Waals surface area contributed by atoms with Gasteiger partial charge in [-0.25, -0.2) is 17.5 Å². The van der Waals surface area contributed by atoms with E-state index in [1.54, 1.807) is 4.90 Å². The van der Waals surface area contributed by atoms with Crippen LogP contribution in [0.5, 0.6) is 0 Å². The lowest BCUT2D eigenvalue weighted by Crippen LogP contribution is -2.61. The van der Waals surface area contributed by atoms with Crippen molar-refractivity contribution in [3.8, 4) is 0 Å². The second-order valence-electron chi connectivity index (χ2n) is 6.13. The van der Waals surface area contributed by atoms with E-state index in [2.05, 4.69) is 5.32 Å². The summed E-state index contributed by atoms with van der Waals surface area (Å²) in [5.74, 6) is 0.0585. The lowest BCUT2D eigenvalue weighted by atomic mass is 10.1. The third-order valence-corrected chi connectivity index (χ3v) is 4.72. The van der Waals surface area contributed by atoms with Crippen LogP contribution >= 0.6 is 0 Å². The number of ether oxygens (including phenoxy) is 1. The number of amides is 1. The molecule has 1 heterocycles. The number of likely N-dealkylation sites (tertiary alicyclic amines) is 1. The monoisotopic (exact) mass is 307 g/mol. The molecule has 1 N–H and O–H groups in total. The second-order valence-corrected chi connectivity index (χ2v) is 8.44. The van der Waals surface area contributed by atoms with Gasteiger partial charge in [0.15, 0.2) is 0 Å². The summed E-state index contributed by atoms with van der Waals surface area (Å²) in [6.07, 6.45) is -0.323. The van der Waals surface area contributed by atoms with Crippen LogP contribution in [0.15, 0.2) is 0 Å². The van der Waals surface area contributed by atoms with E-state index >= 15 is 0 Å². The minimum absolute atomic E-state index is 0.0585. The minimum atomic E-state index is -3.17. The molecule has 1 rings (SSSR count). The van der Waals surface area contributed by atoms with E-state index in [0.717, 1.165) is 0 Å². The van der Waals surface area contributed by atoms with Crippen LogP contribution in [0.2, 0.25) is 0 Å². The Balaban J connectivity index is 2.22. The Labute approximate surface area is 121 Å². The minimum Gasteiger partial charge on any atom is -0.444 e. The van der Waals surface area contributed by atoms with Crippen LogP contribution in [0.1, 0.15) is 20.8 Å². The molecule has 0 aliphatic carbocycles. The number of carbonyl (C=O) groups excluding carboxylic acids is 1. The molecule has 0 saturated carbocycles. The summed E-state index contributed by atoms with van der Waals surface area (Å²) in [4.78, 5) is 13.3. The van der Waals surface area contributed by atoms with Crippen molar-refractivity contribution in [1.82, 2.24) is 14.5 Å². The molecule has 7 nitrogen and oxygen atoms in total. The van der Waals surface area contributed by atoms with E-state index in [1.165, 1.54) is 18.4 Å². The molecule has 1 aliphatic heterocycles. The highest BCUT2D eigenvalue weighted by atomic mass is 32.2. The van der Waals surface area contributed by atoms with Crippen molar-refractivity contribution in [2.24, 2.45) is 0 Å². The van der Waals surface area contributed by atoms with Crippen LogP contribution in [0.4, 0.5) is 4.79 Å². The van der Waals surface area contributed by atoms with Gasteiger partial charge in [-0.05, 0) is 20.8 Å². The first-order chi connectivity index (χ1) is 9.01. The molecule has 118 valence electrons. The average Bonchev–Trinajstić information content (AvgIpc) is 2.17. The number of sulfonamides is 1. The first-order valence-electron chi connectivity index (χ1n) is 6.63. The number of nitrogens with zero attached hydrogens (tertiary/aromatic N) is 2. The fourth-order valence-corrected chi connectivity index (χ4v) is 2.40. The topological polar surface area (TPSA) is 79.0 Å². The molecule has 0 radical (unpaired) electrons. The summed E-state index contributed by atoms with van der Waals surface area (Å²) >= 11 is 0. The van der Waals surface area contributed by atoms with Gasteiger partial charge in [-0.3, -0.25) is 0 Å². The fraction of sp³-hybridized carbons (Fsp3) is 0.917. The Bertz CT molecular complexity index is 436. The van der Waals surface area contributed by atoms with Crippen molar-refractivity contribution >= 4 is 16.1 Å². The predicted molar refractivity (Wildman–Crippen MR) is 77.1 cm³/mol. The van der Waals surface area contributed by atoms with Crippen molar-refractivity contribution < 1.29 is 17.9 Å². The Hall–Kier alpha value is -0.860. The second kappa shape index (κ2) is 6.28. The molecule has 0 spiro atoms. The molecular formula is C12H25N3O4S. The highest BCUT2D eigenvalue weighted by Crippen LogP contribution is 2.15. The first kappa shape index (κ1) is 17.2. The number of carbonyl (C=O) groups is 1. The Morgan fingerprint density at radius 2 is 1.90 bits per heavy atom. The molecule has 20 heavy (non-hydrogen) atoms. The van der Waals surface area contributed by atoms with Gasteiger partial charge in [-0.15, -0.1) is 0 Å². The molecule has 0 aromatic rings. The van der Waals surface area contributed by atoms with Gasteiger partial charge in [0.25, 0.3) is 0 Å². The van der Waals surface area contributed by atoms with Crippen molar-refractivity contribution in [1.29, 1.82) is 0 Å². The summed E-state index contributed by atoms with van der Waals surface area (Å²) in [5, 5.41) is 3.12. The molecule has 8 heteroatoms. The van der Waals surface area contributed by atoms with Crippen LogP contribution in [0.3, 0.4) is 0 Å². The summed E-state index contributed by atoms with van der Waals surface area (Å²) in [6, 6.07) is 0.139. The normalized spacial score (nSPS) is 17.2. The molecular weight excluding hydrogens is 282 g/mol. The van der Waals surface area contributed by atoms with Gasteiger partial charge in [0.05, 0.1) is 5.75 Å². The van der Waals surface area contributed by atoms with E-state index in [-0.39, 0.29) is 17.9 Å². The van der Waals surface area contributed by atoms with E-state index in [9.17, 15) is 13.2 Å². The van der Waals surface area contributed by atoms with Gasteiger partial charge in [0.2, 0.25) is 10.0 Å². The Kier molecular flexibility index (Phi) is 5.39. The van der Waals surface area contributed by atoms with Gasteiger partial charge in [0, 0.05) is 39.8 Å². The Morgan fingerprint density at radius 3 is 2.35 bits per heavy atom. The highest BCUT2D eigenvalue weighted by Gasteiger charge is 2.33. The SMILES string of the molecule is CN(C)S(=O)(=O)CCNC1CN(C(=O)OC(C)(C)C)C1. The fourth-order valence-electron chi connectivity index (χ4n) is 1.66. The van der Waals surface area contributed by atoms with Crippen LogP contribution in [0, 0.1) is 0 Å². The van der Waals surface area contributed by atoms with Gasteiger partial charge < -0.3 is 15.0 Å². The van der Waals surface area contributed by atoms with Crippen molar-refractivity contribution in [2.45, 2.75) is 32.4 Å². The molecule has 1 saturated heterocycles. The maximum atomic E-state index is 11.7. The molecule has 0 bridgehead atoms. The average molecular weight is 307 g/mol. The molecule has 1 fully saturated rings. The highest BCUT2D eigenvalue weighted by molar-refractivity contribution is 7.89. The largest absolute Gasteiger partial charge is 0.444 e. The van der Waals surface area contributed by atoms with Crippen LogP contribution in [-0.4, -0.2) is 74.8 Å². The zero-order valence-corrected chi connectivity index (χ0v) is 13.7. The smallest absolute Gasteiger partial charge is 0.410 e. The standard InChI is InChI=1S/C12H25N3O4S/c1-12(2,3)19-11(16)15-8-10(9-15)13-6-7-20(17,18)14(4)5/h10,13H,6-9H2,1-5H3. The molecule has 0 aromatic carbocycles. The number of nitrogens with one attached hydrogen (secondary N) is 1. The molecule has 1 aliphatic rings. The Morgan fingerprint density at radius 1 is 1.35 bits per heavy atom. The third-order valence-electron chi connectivity index (χ3n) is 2.88. The maximum absolute atomic E-state index is 11.7. The number of hydrogen-bond donors (Lipinski definition) is 1. The zero-order chi connectivity index (χ0) is 15.6. The van der Waals surface area contributed by atoms with E-state index in [4.69, 9.17) is 4.74 Å². The van der Waals surface area contributed by atoms with Crippen LogP contribution in [-0.2, 0) is 14.8 Å². The zero-order valence-electron chi connectivity index (χ0n) is 12.8. The number of rotatable bonds is 5. The van der Waals surface area contributed by atoms with Crippen LogP contribution < -0.4 is 5.32 Å². The quantitative estimate of drug-likeness (QED) is 0.778. The molecule has 0 aromatic heterocycles. The molecule has 0 unspecified atom stereocenters. The van der Waals surface area contributed by atoms with Gasteiger partial charge in [-0.2, -0.15) is 0 Å². The van der Waals surface area contributed by atoms with E-state index in [1.807, 2.05) is 20.8 Å². The molecule has 1 amide bonds. The summed E-state index contributed by atoms with van der Waals surface area (Å²) in [7, 11) is -0.133. The van der Waals surface area contributed by atoms with E-state index < -0.39 is 15.6 Å². The third kappa shape index (κ3) is 5.26. The summed E-state index contributed by atoms with van der Waals surface area (Å²) in [5.41, 5.74) is -0.491. The van der Waals surface area contributed by atoms with Crippen molar-refractivity contribution in [2.75, 3.05) is 39.5 Å². The van der Waals surface area contributed by atoms with Crippen LogP contribution in [0.25, 0.3) is 0 Å². The van der Waals surface area contributed by atoms with Gasteiger partial charge in [-0.1, -0.05) is 0 Å². The van der Waals surface area contributed by atoms with Gasteiger partial charge in [0.1, 0.15) is 5.60 Å². The molecule has 0 atom stereocenters. The maximum Gasteiger partial charge on any atom is 0.410 e. The van der Waals surface area contributed by atoms with Crippen molar-refractivity contribution in [3.63, 3.8) is 0 Å². The predicted octanol–water partition coefficient (Wildman–Crippen LogP) is 0.0867. The van der Waals surface area contributed by atoms with Crippen molar-refractivity contribution in [3.05, 3.63) is 0 Å². The van der Waals surface area contributed by atoms with Gasteiger partial charge >= 0.3 is 6.09 Å².